The normalized spacial score (nSPS) is 17.7. The summed E-state index contributed by atoms with van der Waals surface area (Å²) in [5.41, 5.74) is 0.119. The van der Waals surface area contributed by atoms with E-state index in [0.29, 0.717) is 47.2 Å². The van der Waals surface area contributed by atoms with Crippen molar-refractivity contribution in [1.29, 1.82) is 5.26 Å². The molecule has 1 amide bonds. The molecule has 1 aromatic heterocycles. The van der Waals surface area contributed by atoms with Crippen molar-refractivity contribution in [2.24, 2.45) is 0 Å². The molecule has 0 spiro atoms. The summed E-state index contributed by atoms with van der Waals surface area (Å²) in [6.45, 7) is 10.4. The predicted octanol–water partition coefficient (Wildman–Crippen LogP) is 5.74. The monoisotopic (exact) mass is 471 g/mol. The Morgan fingerprint density at radius 1 is 1.30 bits per heavy atom. The highest BCUT2D eigenvalue weighted by molar-refractivity contribution is 6.30. The molecule has 3 rings (SSSR count). The van der Waals surface area contributed by atoms with Gasteiger partial charge in [0.2, 0.25) is 0 Å². The largest absolute Gasteiger partial charge is 0.490 e. The number of aromatic nitrogens is 1. The van der Waals surface area contributed by atoms with Gasteiger partial charge in [0.05, 0.1) is 11.3 Å². The van der Waals surface area contributed by atoms with Crippen LogP contribution in [0, 0.1) is 11.3 Å². The Morgan fingerprint density at radius 2 is 2.06 bits per heavy atom. The van der Waals surface area contributed by atoms with Gasteiger partial charge in [0.1, 0.15) is 35.9 Å². The molecule has 1 aliphatic heterocycles. The van der Waals surface area contributed by atoms with E-state index in [4.69, 9.17) is 25.8 Å². The number of rotatable bonds is 5. The van der Waals surface area contributed by atoms with E-state index in [0.717, 1.165) is 0 Å². The molecule has 33 heavy (non-hydrogen) atoms. The van der Waals surface area contributed by atoms with Gasteiger partial charge < -0.3 is 19.1 Å². The molecule has 0 bridgehead atoms. The van der Waals surface area contributed by atoms with Crippen molar-refractivity contribution in [3.05, 3.63) is 52.8 Å². The molecule has 2 heterocycles. The van der Waals surface area contributed by atoms with Crippen LogP contribution in [0.3, 0.4) is 0 Å². The molecular weight excluding hydrogens is 442 g/mol. The topological polar surface area (TPSA) is 84.7 Å². The molecule has 2 aromatic rings. The zero-order chi connectivity index (χ0) is 24.2. The van der Waals surface area contributed by atoms with Crippen LogP contribution in [-0.4, -0.2) is 39.8 Å². The maximum atomic E-state index is 12.6. The van der Waals surface area contributed by atoms with Gasteiger partial charge >= 0.3 is 6.09 Å². The molecule has 7 nitrogen and oxygen atoms in total. The zero-order valence-corrected chi connectivity index (χ0v) is 20.5. The minimum atomic E-state index is -0.532. The third kappa shape index (κ3) is 6.75. The summed E-state index contributed by atoms with van der Waals surface area (Å²) in [5, 5.41) is 9.74. The minimum Gasteiger partial charge on any atom is -0.490 e. The van der Waals surface area contributed by atoms with Gasteiger partial charge in [-0.15, -0.1) is 0 Å². The second kappa shape index (κ2) is 9.88. The molecule has 0 saturated carbocycles. The highest BCUT2D eigenvalue weighted by Crippen LogP contribution is 2.32. The minimum absolute atomic E-state index is 0.0451. The molecule has 1 unspecified atom stereocenters. The first-order valence-corrected chi connectivity index (χ1v) is 11.3. The first-order valence-electron chi connectivity index (χ1n) is 10.9. The summed E-state index contributed by atoms with van der Waals surface area (Å²) in [6.07, 6.45) is 2.70. The molecule has 1 fully saturated rings. The maximum absolute atomic E-state index is 12.6. The van der Waals surface area contributed by atoms with Crippen LogP contribution in [0.2, 0.25) is 5.02 Å². The zero-order valence-electron chi connectivity index (χ0n) is 19.7. The van der Waals surface area contributed by atoms with Gasteiger partial charge in [-0.05, 0) is 58.9 Å². The van der Waals surface area contributed by atoms with Crippen LogP contribution in [0.1, 0.15) is 58.7 Å². The van der Waals surface area contributed by atoms with Crippen molar-refractivity contribution in [2.75, 3.05) is 6.54 Å². The lowest BCUT2D eigenvalue weighted by Gasteiger charge is -2.45. The summed E-state index contributed by atoms with van der Waals surface area (Å²) in [4.78, 5) is 18.7. The summed E-state index contributed by atoms with van der Waals surface area (Å²) in [6, 6.07) is 10.6. The maximum Gasteiger partial charge on any atom is 0.410 e. The van der Waals surface area contributed by atoms with Crippen molar-refractivity contribution in [2.45, 2.75) is 71.3 Å². The molecule has 176 valence electrons. The SMILES string of the molecule is CC(C)(C)OC(=O)N1CCC(Oc2ccnc(COc3ccc(Cl)cc3C#N)c2)CC1(C)C. The summed E-state index contributed by atoms with van der Waals surface area (Å²) in [5.74, 6) is 1.14. The third-order valence-electron chi connectivity index (χ3n) is 5.27. The molecule has 0 aliphatic carbocycles. The van der Waals surface area contributed by atoms with E-state index in [-0.39, 0.29) is 18.8 Å². The standard InChI is InChI=1S/C25H30ClN3O4/c1-24(2,3)33-23(30)29-11-9-21(14-25(29,4)5)32-20-8-10-28-19(13-20)16-31-22-7-6-18(26)12-17(22)15-27/h6-8,10,12-13,21H,9,11,14,16H2,1-5H3. The molecule has 1 saturated heterocycles. The predicted molar refractivity (Wildman–Crippen MR) is 125 cm³/mol. The van der Waals surface area contributed by atoms with Gasteiger partial charge in [-0.1, -0.05) is 11.6 Å². The summed E-state index contributed by atoms with van der Waals surface area (Å²) < 4.78 is 17.6. The van der Waals surface area contributed by atoms with E-state index in [1.54, 1.807) is 35.4 Å². The Balaban J connectivity index is 1.61. The fourth-order valence-electron chi connectivity index (χ4n) is 3.77. The van der Waals surface area contributed by atoms with Crippen LogP contribution in [0.5, 0.6) is 11.5 Å². The van der Waals surface area contributed by atoms with E-state index >= 15 is 0 Å². The number of pyridine rings is 1. The van der Waals surface area contributed by atoms with E-state index in [1.807, 2.05) is 40.7 Å². The van der Waals surface area contributed by atoms with Crippen molar-refractivity contribution >= 4 is 17.7 Å². The van der Waals surface area contributed by atoms with Crippen LogP contribution in [-0.2, 0) is 11.3 Å². The lowest BCUT2D eigenvalue weighted by Crippen LogP contribution is -2.56. The Kier molecular flexibility index (Phi) is 7.38. The van der Waals surface area contributed by atoms with Crippen molar-refractivity contribution in [3.63, 3.8) is 0 Å². The first kappa shape index (κ1) is 24.7. The Bertz CT molecular complexity index is 1040. The third-order valence-corrected chi connectivity index (χ3v) is 5.51. The number of piperidine rings is 1. The lowest BCUT2D eigenvalue weighted by molar-refractivity contribution is -0.0262. The number of likely N-dealkylation sites (tertiary alicyclic amines) is 1. The van der Waals surface area contributed by atoms with Crippen LogP contribution in [0.25, 0.3) is 0 Å². The average molecular weight is 472 g/mol. The highest BCUT2D eigenvalue weighted by atomic mass is 35.5. The molecule has 1 aromatic carbocycles. The number of nitrogens with zero attached hydrogens (tertiary/aromatic N) is 3. The number of hydrogen-bond acceptors (Lipinski definition) is 6. The van der Waals surface area contributed by atoms with Crippen molar-refractivity contribution in [3.8, 4) is 17.6 Å². The molecule has 1 atom stereocenters. The van der Waals surface area contributed by atoms with Gasteiger partial charge in [-0.25, -0.2) is 4.79 Å². The fourth-order valence-corrected chi connectivity index (χ4v) is 3.94. The van der Waals surface area contributed by atoms with E-state index in [9.17, 15) is 10.1 Å². The molecule has 8 heteroatoms. The number of ether oxygens (including phenoxy) is 3. The number of carbonyl (C=O) groups excluding carboxylic acids is 1. The van der Waals surface area contributed by atoms with E-state index in [1.165, 1.54) is 0 Å². The van der Waals surface area contributed by atoms with Gasteiger partial charge in [0.15, 0.2) is 0 Å². The fraction of sp³-hybridized carbons (Fsp3) is 0.480. The Morgan fingerprint density at radius 3 is 2.73 bits per heavy atom. The molecule has 0 radical (unpaired) electrons. The number of amides is 1. The second-order valence-corrected chi connectivity index (χ2v) is 10.1. The van der Waals surface area contributed by atoms with Crippen LogP contribution in [0.4, 0.5) is 4.79 Å². The van der Waals surface area contributed by atoms with Crippen molar-refractivity contribution < 1.29 is 19.0 Å². The number of hydrogen-bond donors (Lipinski definition) is 0. The number of nitriles is 1. The summed E-state index contributed by atoms with van der Waals surface area (Å²) >= 11 is 5.94. The van der Waals surface area contributed by atoms with Gasteiger partial charge in [-0.3, -0.25) is 4.98 Å². The average Bonchev–Trinajstić information content (AvgIpc) is 2.71. The first-order chi connectivity index (χ1) is 15.5. The number of carbonyl (C=O) groups is 1. The lowest BCUT2D eigenvalue weighted by atomic mass is 9.89. The molecule has 1 aliphatic rings. The van der Waals surface area contributed by atoms with Crippen molar-refractivity contribution in [1.82, 2.24) is 9.88 Å². The van der Waals surface area contributed by atoms with Crippen LogP contribution in [0.15, 0.2) is 36.5 Å². The van der Waals surface area contributed by atoms with E-state index in [2.05, 4.69) is 11.1 Å². The van der Waals surface area contributed by atoms with E-state index < -0.39 is 11.1 Å². The Labute approximate surface area is 200 Å². The molecule has 0 N–H and O–H groups in total. The Hall–Kier alpha value is -2.98. The van der Waals surface area contributed by atoms with Crippen LogP contribution < -0.4 is 9.47 Å². The molecular formula is C25H30ClN3O4. The van der Waals surface area contributed by atoms with Crippen LogP contribution >= 0.6 is 11.6 Å². The number of halogens is 1. The van der Waals surface area contributed by atoms with Gasteiger partial charge in [0, 0.05) is 42.2 Å². The smallest absolute Gasteiger partial charge is 0.410 e. The highest BCUT2D eigenvalue weighted by Gasteiger charge is 2.40. The summed E-state index contributed by atoms with van der Waals surface area (Å²) in [7, 11) is 0. The quantitative estimate of drug-likeness (QED) is 0.552. The second-order valence-electron chi connectivity index (χ2n) is 9.70. The van der Waals surface area contributed by atoms with Gasteiger partial charge in [-0.2, -0.15) is 5.26 Å². The number of benzene rings is 1. The van der Waals surface area contributed by atoms with Gasteiger partial charge in [0.25, 0.3) is 0 Å².